The van der Waals surface area contributed by atoms with Gasteiger partial charge >= 0.3 is 0 Å². The number of rotatable bonds is 4. The number of amides is 1. The molecule has 0 aromatic heterocycles. The minimum Gasteiger partial charge on any atom is -0.351 e. The number of aryl methyl sites for hydroxylation is 1. The Balaban J connectivity index is 1.89. The van der Waals surface area contributed by atoms with Crippen molar-refractivity contribution in [1.29, 1.82) is 0 Å². The van der Waals surface area contributed by atoms with Crippen molar-refractivity contribution in [2.75, 3.05) is 13.1 Å². The fraction of sp³-hybridized carbons (Fsp3) is 0.611. The zero-order valence-corrected chi connectivity index (χ0v) is 15.0. The van der Waals surface area contributed by atoms with Crippen LogP contribution in [0.2, 0.25) is 0 Å². The van der Waals surface area contributed by atoms with Crippen LogP contribution in [0, 0.1) is 6.92 Å². The van der Waals surface area contributed by atoms with Crippen molar-refractivity contribution in [1.82, 2.24) is 10.6 Å². The van der Waals surface area contributed by atoms with Crippen LogP contribution in [0.1, 0.15) is 44.1 Å². The molecule has 0 bridgehead atoms. The minimum absolute atomic E-state index is 0.0249. The number of benzene rings is 1. The van der Waals surface area contributed by atoms with Gasteiger partial charge in [0.1, 0.15) is 0 Å². The summed E-state index contributed by atoms with van der Waals surface area (Å²) < 4.78 is 25.2. The molecule has 0 radical (unpaired) electrons. The molecule has 1 saturated carbocycles. The lowest BCUT2D eigenvalue weighted by atomic mass is 10.0. The van der Waals surface area contributed by atoms with E-state index in [9.17, 15) is 13.2 Å². The Morgan fingerprint density at radius 2 is 1.83 bits per heavy atom. The van der Waals surface area contributed by atoms with Gasteiger partial charge in [0.2, 0.25) is 5.91 Å². The molecule has 2 aliphatic rings. The summed E-state index contributed by atoms with van der Waals surface area (Å²) in [4.78, 5) is 13.3. The van der Waals surface area contributed by atoms with E-state index in [2.05, 4.69) is 10.6 Å². The third kappa shape index (κ3) is 3.09. The standard InChI is InChI=1S/C18H26N2O3S/c1-14-6-8-16(9-7-14)24(22,23)18(10-2-3-11-18)17(21)20-15-5-4-12-19-13-15/h6-9,15,19H,2-5,10-13H2,1H3,(H,20,21)/t15-/m0/s1. The van der Waals surface area contributed by atoms with Gasteiger partial charge in [-0.1, -0.05) is 30.5 Å². The SMILES string of the molecule is Cc1ccc(S(=O)(=O)C2(C(=O)N[C@H]3CCCNC3)CCCC2)cc1. The van der Waals surface area contributed by atoms with Crippen molar-refractivity contribution in [3.05, 3.63) is 29.8 Å². The molecule has 1 aliphatic carbocycles. The molecule has 5 nitrogen and oxygen atoms in total. The molecule has 0 unspecified atom stereocenters. The Morgan fingerprint density at radius 1 is 1.17 bits per heavy atom. The Morgan fingerprint density at radius 3 is 2.42 bits per heavy atom. The number of sulfone groups is 1. The molecule has 2 fully saturated rings. The summed E-state index contributed by atoms with van der Waals surface area (Å²) in [5.41, 5.74) is 1.01. The molecule has 24 heavy (non-hydrogen) atoms. The lowest BCUT2D eigenvalue weighted by Crippen LogP contribution is -2.56. The van der Waals surface area contributed by atoms with Crippen molar-refractivity contribution < 1.29 is 13.2 Å². The predicted octanol–water partition coefficient (Wildman–Crippen LogP) is 1.95. The van der Waals surface area contributed by atoms with E-state index < -0.39 is 14.6 Å². The van der Waals surface area contributed by atoms with Gasteiger partial charge in [0.05, 0.1) is 4.90 Å². The van der Waals surface area contributed by atoms with Crippen molar-refractivity contribution in [3.63, 3.8) is 0 Å². The van der Waals surface area contributed by atoms with Gasteiger partial charge in [-0.3, -0.25) is 4.79 Å². The Hall–Kier alpha value is -1.40. The van der Waals surface area contributed by atoms with Gasteiger partial charge < -0.3 is 10.6 Å². The summed E-state index contributed by atoms with van der Waals surface area (Å²) in [5, 5.41) is 6.26. The van der Waals surface area contributed by atoms with Gasteiger partial charge in [-0.2, -0.15) is 0 Å². The minimum atomic E-state index is -3.70. The quantitative estimate of drug-likeness (QED) is 0.870. The fourth-order valence-corrected chi connectivity index (χ4v) is 5.87. The van der Waals surface area contributed by atoms with Gasteiger partial charge in [-0.05, 0) is 51.3 Å². The molecule has 1 amide bonds. The molecule has 2 N–H and O–H groups in total. The first-order valence-corrected chi connectivity index (χ1v) is 10.3. The number of piperidine rings is 1. The highest BCUT2D eigenvalue weighted by atomic mass is 32.2. The average molecular weight is 350 g/mol. The molecule has 6 heteroatoms. The molecule has 1 atom stereocenters. The first kappa shape index (κ1) is 17.4. The van der Waals surface area contributed by atoms with E-state index in [1.165, 1.54) is 0 Å². The summed E-state index contributed by atoms with van der Waals surface area (Å²) >= 11 is 0. The smallest absolute Gasteiger partial charge is 0.242 e. The highest BCUT2D eigenvalue weighted by Gasteiger charge is 2.53. The Kier molecular flexibility index (Phi) is 4.97. The van der Waals surface area contributed by atoms with E-state index in [1.807, 2.05) is 6.92 Å². The Labute approximate surface area is 144 Å². The number of hydrogen-bond acceptors (Lipinski definition) is 4. The van der Waals surface area contributed by atoms with E-state index in [1.54, 1.807) is 24.3 Å². The van der Waals surface area contributed by atoms with Crippen molar-refractivity contribution >= 4 is 15.7 Å². The van der Waals surface area contributed by atoms with Crippen molar-refractivity contribution in [2.45, 2.75) is 61.1 Å². The van der Waals surface area contributed by atoms with Crippen molar-refractivity contribution in [3.8, 4) is 0 Å². The second kappa shape index (κ2) is 6.84. The second-order valence-corrected chi connectivity index (χ2v) is 9.29. The zero-order chi connectivity index (χ0) is 17.2. The van der Waals surface area contributed by atoms with E-state index in [0.29, 0.717) is 19.4 Å². The highest BCUT2D eigenvalue weighted by molar-refractivity contribution is 7.93. The van der Waals surface area contributed by atoms with Crippen LogP contribution in [0.3, 0.4) is 0 Å². The summed E-state index contributed by atoms with van der Waals surface area (Å²) in [6.07, 6.45) is 4.29. The topological polar surface area (TPSA) is 75.3 Å². The predicted molar refractivity (Wildman–Crippen MR) is 93.6 cm³/mol. The lowest BCUT2D eigenvalue weighted by Gasteiger charge is -2.31. The van der Waals surface area contributed by atoms with E-state index in [-0.39, 0.29) is 16.8 Å². The second-order valence-electron chi connectivity index (χ2n) is 7.03. The zero-order valence-electron chi connectivity index (χ0n) is 14.2. The molecule has 1 aromatic rings. The number of carbonyl (C=O) groups excluding carboxylic acids is 1. The van der Waals surface area contributed by atoms with E-state index in [4.69, 9.17) is 0 Å². The summed E-state index contributed by atoms with van der Waals surface area (Å²) in [5.74, 6) is -0.311. The molecule has 1 heterocycles. The summed E-state index contributed by atoms with van der Waals surface area (Å²) in [7, 11) is -3.70. The molecule has 1 aromatic carbocycles. The molecule has 132 valence electrons. The lowest BCUT2D eigenvalue weighted by molar-refractivity contribution is -0.124. The first-order chi connectivity index (χ1) is 11.5. The third-order valence-corrected chi connectivity index (χ3v) is 7.82. The van der Waals surface area contributed by atoms with Gasteiger partial charge in [0.15, 0.2) is 14.6 Å². The van der Waals surface area contributed by atoms with Crippen LogP contribution in [-0.2, 0) is 14.6 Å². The average Bonchev–Trinajstić information content (AvgIpc) is 3.08. The molecular weight excluding hydrogens is 324 g/mol. The fourth-order valence-electron chi connectivity index (χ4n) is 3.80. The van der Waals surface area contributed by atoms with Gasteiger partial charge in [-0.25, -0.2) is 8.42 Å². The Bertz CT molecular complexity index is 685. The molecular formula is C18H26N2O3S. The normalized spacial score (nSPS) is 23.8. The largest absolute Gasteiger partial charge is 0.351 e. The number of carbonyl (C=O) groups is 1. The van der Waals surface area contributed by atoms with Crippen LogP contribution in [-0.4, -0.2) is 38.2 Å². The third-order valence-electron chi connectivity index (χ3n) is 5.30. The van der Waals surface area contributed by atoms with Crippen molar-refractivity contribution in [2.24, 2.45) is 0 Å². The van der Waals surface area contributed by atoms with Crippen LogP contribution in [0.5, 0.6) is 0 Å². The molecule has 1 aliphatic heterocycles. The first-order valence-electron chi connectivity index (χ1n) is 8.79. The van der Waals surface area contributed by atoms with Crippen LogP contribution in [0.25, 0.3) is 0 Å². The summed E-state index contributed by atoms with van der Waals surface area (Å²) in [6, 6.07) is 6.86. The van der Waals surface area contributed by atoms with Crippen LogP contribution in [0.15, 0.2) is 29.2 Å². The maximum Gasteiger partial charge on any atom is 0.242 e. The summed E-state index contributed by atoms with van der Waals surface area (Å²) in [6.45, 7) is 3.59. The van der Waals surface area contributed by atoms with E-state index in [0.717, 1.165) is 37.8 Å². The van der Waals surface area contributed by atoms with Gasteiger partial charge in [-0.15, -0.1) is 0 Å². The molecule has 0 spiro atoms. The van der Waals surface area contributed by atoms with Gasteiger partial charge in [0, 0.05) is 12.6 Å². The maximum atomic E-state index is 13.3. The van der Waals surface area contributed by atoms with E-state index >= 15 is 0 Å². The van der Waals surface area contributed by atoms with Crippen LogP contribution < -0.4 is 10.6 Å². The number of nitrogens with one attached hydrogen (secondary N) is 2. The van der Waals surface area contributed by atoms with Gasteiger partial charge in [0.25, 0.3) is 0 Å². The maximum absolute atomic E-state index is 13.3. The van der Waals surface area contributed by atoms with Crippen LogP contribution >= 0.6 is 0 Å². The highest BCUT2D eigenvalue weighted by Crippen LogP contribution is 2.41. The van der Waals surface area contributed by atoms with Crippen LogP contribution in [0.4, 0.5) is 0 Å². The number of hydrogen-bond donors (Lipinski definition) is 2. The molecule has 3 rings (SSSR count). The molecule has 1 saturated heterocycles. The monoisotopic (exact) mass is 350 g/mol.